The van der Waals surface area contributed by atoms with Crippen molar-refractivity contribution in [3.63, 3.8) is 0 Å². The van der Waals surface area contributed by atoms with Gasteiger partial charge in [-0.3, -0.25) is 4.99 Å². The lowest BCUT2D eigenvalue weighted by Crippen LogP contribution is -2.39. The fourth-order valence-electron chi connectivity index (χ4n) is 3.68. The van der Waals surface area contributed by atoms with Crippen LogP contribution in [0.3, 0.4) is 0 Å². The highest BCUT2D eigenvalue weighted by atomic mass is 32.2. The number of nitrogens with one attached hydrogen (secondary N) is 1. The van der Waals surface area contributed by atoms with Gasteiger partial charge in [0.15, 0.2) is 5.96 Å². The van der Waals surface area contributed by atoms with Crippen molar-refractivity contribution < 1.29 is 8.42 Å². The van der Waals surface area contributed by atoms with Crippen LogP contribution in [0, 0.1) is 11.8 Å². The minimum atomic E-state index is -3.61. The lowest BCUT2D eigenvalue weighted by atomic mass is 9.82. The van der Waals surface area contributed by atoms with Crippen LogP contribution in [-0.2, 0) is 16.6 Å². The van der Waals surface area contributed by atoms with Gasteiger partial charge in [0, 0.05) is 25.0 Å². The first-order chi connectivity index (χ1) is 11.0. The first-order valence-electron chi connectivity index (χ1n) is 8.04. The highest BCUT2D eigenvalue weighted by Gasteiger charge is 2.35. The van der Waals surface area contributed by atoms with Crippen molar-refractivity contribution in [3.8, 4) is 0 Å². The maximum atomic E-state index is 11.3. The molecule has 2 heterocycles. The number of primary sulfonamides is 1. The van der Waals surface area contributed by atoms with Crippen LogP contribution in [0.2, 0.25) is 0 Å². The maximum absolute atomic E-state index is 11.3. The Kier molecular flexibility index (Phi) is 4.93. The van der Waals surface area contributed by atoms with E-state index in [9.17, 15) is 8.42 Å². The molecule has 0 amide bonds. The lowest BCUT2D eigenvalue weighted by Gasteiger charge is -2.22. The molecule has 2 aliphatic rings. The molecular formula is C15H24N4O2S2. The third kappa shape index (κ3) is 3.87. The monoisotopic (exact) mass is 356 g/mol. The molecule has 0 bridgehead atoms. The molecule has 6 nitrogen and oxygen atoms in total. The number of nitrogens with zero attached hydrogens (tertiary/aromatic N) is 2. The molecule has 1 aromatic rings. The average molecular weight is 357 g/mol. The lowest BCUT2D eigenvalue weighted by molar-refractivity contribution is 0.299. The Morgan fingerprint density at radius 3 is 2.52 bits per heavy atom. The zero-order valence-corrected chi connectivity index (χ0v) is 15.0. The third-order valence-corrected chi connectivity index (χ3v) is 7.35. The Morgan fingerprint density at radius 2 is 2.00 bits per heavy atom. The molecule has 0 aromatic carbocycles. The van der Waals surface area contributed by atoms with E-state index >= 15 is 0 Å². The van der Waals surface area contributed by atoms with Crippen LogP contribution < -0.4 is 10.5 Å². The van der Waals surface area contributed by atoms with E-state index in [1.54, 1.807) is 19.2 Å². The Bertz CT molecular complexity index is 669. The molecule has 1 aliphatic heterocycles. The molecule has 1 aromatic heterocycles. The van der Waals surface area contributed by atoms with Gasteiger partial charge in [0.05, 0.1) is 6.54 Å². The molecule has 0 radical (unpaired) electrons. The van der Waals surface area contributed by atoms with Gasteiger partial charge in [-0.25, -0.2) is 13.6 Å². The number of sulfonamides is 1. The average Bonchev–Trinajstić information content (AvgIpc) is 3.13. The van der Waals surface area contributed by atoms with Gasteiger partial charge in [0.25, 0.3) is 0 Å². The van der Waals surface area contributed by atoms with Crippen molar-refractivity contribution >= 4 is 27.3 Å². The molecule has 2 atom stereocenters. The highest BCUT2D eigenvalue weighted by Crippen LogP contribution is 2.36. The Morgan fingerprint density at radius 1 is 1.35 bits per heavy atom. The van der Waals surface area contributed by atoms with Crippen molar-refractivity contribution in [2.75, 3.05) is 20.1 Å². The predicted molar refractivity (Wildman–Crippen MR) is 92.9 cm³/mol. The van der Waals surface area contributed by atoms with Gasteiger partial charge in [-0.1, -0.05) is 12.8 Å². The molecule has 3 N–H and O–H groups in total. The molecule has 8 heteroatoms. The molecule has 0 spiro atoms. The van der Waals surface area contributed by atoms with Crippen LogP contribution in [0.25, 0.3) is 0 Å². The number of hydrogen-bond donors (Lipinski definition) is 2. The van der Waals surface area contributed by atoms with Gasteiger partial charge in [0.1, 0.15) is 4.21 Å². The third-order valence-electron chi connectivity index (χ3n) is 4.83. The summed E-state index contributed by atoms with van der Waals surface area (Å²) in [6.45, 7) is 2.73. The molecule has 128 valence electrons. The summed E-state index contributed by atoms with van der Waals surface area (Å²) in [5, 5.41) is 8.50. The van der Waals surface area contributed by atoms with E-state index in [2.05, 4.69) is 15.2 Å². The topological polar surface area (TPSA) is 87.8 Å². The summed E-state index contributed by atoms with van der Waals surface area (Å²) in [6.07, 6.45) is 5.38. The van der Waals surface area contributed by atoms with Crippen molar-refractivity contribution in [3.05, 3.63) is 17.0 Å². The van der Waals surface area contributed by atoms with E-state index in [0.29, 0.717) is 6.54 Å². The van der Waals surface area contributed by atoms with Gasteiger partial charge in [0.2, 0.25) is 10.0 Å². The van der Waals surface area contributed by atoms with Crippen molar-refractivity contribution in [1.29, 1.82) is 0 Å². The molecule has 1 saturated heterocycles. The SMILES string of the molecule is CN=C(NCc1ccc(S(N)(=O)=O)s1)N1CC2CCCCC2C1. The van der Waals surface area contributed by atoms with Gasteiger partial charge in [-0.05, 0) is 36.8 Å². The zero-order valence-electron chi connectivity index (χ0n) is 13.4. The number of aliphatic imine (C=N–C) groups is 1. The minimum absolute atomic E-state index is 0.205. The van der Waals surface area contributed by atoms with Crippen LogP contribution in [0.15, 0.2) is 21.3 Å². The van der Waals surface area contributed by atoms with E-state index < -0.39 is 10.0 Å². The number of likely N-dealkylation sites (tertiary alicyclic amines) is 1. The Labute approximate surface area is 141 Å². The summed E-state index contributed by atoms with van der Waals surface area (Å²) in [7, 11) is -1.81. The fraction of sp³-hybridized carbons (Fsp3) is 0.667. The number of nitrogens with two attached hydrogens (primary N) is 1. The largest absolute Gasteiger partial charge is 0.351 e. The summed E-state index contributed by atoms with van der Waals surface area (Å²) in [5.41, 5.74) is 0. The summed E-state index contributed by atoms with van der Waals surface area (Å²) in [4.78, 5) is 7.67. The molecule has 2 unspecified atom stereocenters. The number of thiophene rings is 1. The summed E-state index contributed by atoms with van der Waals surface area (Å²) < 4.78 is 22.9. The van der Waals surface area contributed by atoms with Crippen LogP contribution >= 0.6 is 11.3 Å². The van der Waals surface area contributed by atoms with Gasteiger partial charge in [-0.15, -0.1) is 11.3 Å². The highest BCUT2D eigenvalue weighted by molar-refractivity contribution is 7.91. The van der Waals surface area contributed by atoms with E-state index in [4.69, 9.17) is 5.14 Å². The predicted octanol–water partition coefficient (Wildman–Crippen LogP) is 1.59. The number of guanidine groups is 1. The van der Waals surface area contributed by atoms with Crippen molar-refractivity contribution in [1.82, 2.24) is 10.2 Å². The number of hydrogen-bond acceptors (Lipinski definition) is 4. The molecule has 1 saturated carbocycles. The molecule has 3 rings (SSSR count). The van der Waals surface area contributed by atoms with Crippen molar-refractivity contribution in [2.45, 2.75) is 36.4 Å². The first kappa shape index (κ1) is 16.7. The van der Waals surface area contributed by atoms with E-state index in [1.165, 1.54) is 37.0 Å². The first-order valence-corrected chi connectivity index (χ1v) is 10.4. The van der Waals surface area contributed by atoms with Gasteiger partial charge >= 0.3 is 0 Å². The maximum Gasteiger partial charge on any atom is 0.247 e. The van der Waals surface area contributed by atoms with Crippen LogP contribution in [-0.4, -0.2) is 39.4 Å². The molecule has 23 heavy (non-hydrogen) atoms. The van der Waals surface area contributed by atoms with Gasteiger partial charge < -0.3 is 10.2 Å². The number of rotatable bonds is 3. The summed E-state index contributed by atoms with van der Waals surface area (Å²) in [5.74, 6) is 2.51. The van der Waals surface area contributed by atoms with Gasteiger partial charge in [-0.2, -0.15) is 0 Å². The smallest absolute Gasteiger partial charge is 0.247 e. The number of fused-ring (bicyclic) bond motifs is 1. The second kappa shape index (κ2) is 6.78. The Hall–Kier alpha value is -1.12. The quantitative estimate of drug-likeness (QED) is 0.636. The minimum Gasteiger partial charge on any atom is -0.351 e. The summed E-state index contributed by atoms with van der Waals surface area (Å²) in [6, 6.07) is 3.36. The standard InChI is InChI=1S/C15H24N4O2S2/c1-17-15(19-9-11-4-2-3-5-12(11)10-19)18-8-13-6-7-14(22-13)23(16,20)21/h6-7,11-12H,2-5,8-10H2,1H3,(H,17,18)(H2,16,20,21). The van der Waals surface area contributed by atoms with Crippen molar-refractivity contribution in [2.24, 2.45) is 22.0 Å². The second-order valence-corrected chi connectivity index (χ2v) is 9.33. The molecule has 1 aliphatic carbocycles. The van der Waals surface area contributed by atoms with E-state index in [0.717, 1.165) is 35.8 Å². The van der Waals surface area contributed by atoms with Crippen LogP contribution in [0.1, 0.15) is 30.6 Å². The summed E-state index contributed by atoms with van der Waals surface area (Å²) >= 11 is 1.21. The van der Waals surface area contributed by atoms with E-state index in [1.807, 2.05) is 0 Å². The Balaban J connectivity index is 1.59. The normalized spacial score (nSPS) is 25.5. The zero-order chi connectivity index (χ0) is 16.4. The van der Waals surface area contributed by atoms with Crippen LogP contribution in [0.5, 0.6) is 0 Å². The molecular weight excluding hydrogens is 332 g/mol. The van der Waals surface area contributed by atoms with Crippen LogP contribution in [0.4, 0.5) is 0 Å². The van der Waals surface area contributed by atoms with E-state index in [-0.39, 0.29) is 4.21 Å². The second-order valence-electron chi connectivity index (χ2n) is 6.38. The molecule has 2 fully saturated rings. The fourth-order valence-corrected chi connectivity index (χ4v) is 5.40.